The Morgan fingerprint density at radius 3 is 2.42 bits per heavy atom. The molecule has 0 spiro atoms. The summed E-state index contributed by atoms with van der Waals surface area (Å²) in [6.45, 7) is 5.62. The number of carbonyl (C=O) groups is 2. The third kappa shape index (κ3) is 3.89. The number of hydrogen-bond acceptors (Lipinski definition) is 3. The van der Waals surface area contributed by atoms with Crippen LogP contribution < -0.4 is 11.1 Å². The van der Waals surface area contributed by atoms with E-state index in [1.807, 2.05) is 11.8 Å². The van der Waals surface area contributed by atoms with Gasteiger partial charge in [0.2, 0.25) is 11.8 Å². The summed E-state index contributed by atoms with van der Waals surface area (Å²) < 4.78 is 0. The van der Waals surface area contributed by atoms with Crippen LogP contribution in [0, 0.1) is 5.41 Å². The van der Waals surface area contributed by atoms with Gasteiger partial charge in [-0.15, -0.1) is 0 Å². The van der Waals surface area contributed by atoms with Crippen LogP contribution in [0.3, 0.4) is 0 Å². The maximum Gasteiger partial charge on any atom is 0.232 e. The second-order valence-corrected chi connectivity index (χ2v) is 5.58. The molecule has 0 radical (unpaired) electrons. The monoisotopic (exact) mass is 285 g/mol. The molecule has 0 bridgehead atoms. The van der Waals surface area contributed by atoms with Gasteiger partial charge in [0.05, 0.1) is 10.4 Å². The molecule has 0 aromatic heterocycles. The van der Waals surface area contributed by atoms with Crippen molar-refractivity contribution in [3.8, 4) is 0 Å². The van der Waals surface area contributed by atoms with Crippen LogP contribution in [0.4, 0.5) is 0 Å². The maximum atomic E-state index is 12.0. The van der Waals surface area contributed by atoms with Gasteiger partial charge in [0, 0.05) is 26.1 Å². The highest BCUT2D eigenvalue weighted by molar-refractivity contribution is 7.80. The molecule has 1 rings (SSSR count). The number of nitrogens with zero attached hydrogens (tertiary/aromatic N) is 1. The molecule has 6 heteroatoms. The van der Waals surface area contributed by atoms with Crippen molar-refractivity contribution < 1.29 is 9.59 Å². The normalized spacial score (nSPS) is 17.9. The van der Waals surface area contributed by atoms with Crippen molar-refractivity contribution in [3.05, 3.63) is 0 Å². The van der Waals surface area contributed by atoms with Gasteiger partial charge in [0.15, 0.2) is 0 Å². The van der Waals surface area contributed by atoms with E-state index in [1.165, 1.54) is 0 Å². The molecule has 1 fully saturated rings. The minimum Gasteiger partial charge on any atom is -0.392 e. The van der Waals surface area contributed by atoms with E-state index in [1.54, 1.807) is 6.92 Å². The fourth-order valence-corrected chi connectivity index (χ4v) is 2.29. The molecule has 108 valence electrons. The number of nitrogens with two attached hydrogens (primary N) is 1. The summed E-state index contributed by atoms with van der Waals surface area (Å²) in [6, 6.07) is 0. The summed E-state index contributed by atoms with van der Waals surface area (Å²) in [5, 5.41) is 2.76. The van der Waals surface area contributed by atoms with Crippen LogP contribution in [0.1, 0.15) is 39.5 Å². The second-order valence-electron chi connectivity index (χ2n) is 5.14. The first-order chi connectivity index (χ1) is 8.91. The van der Waals surface area contributed by atoms with Gasteiger partial charge in [-0.05, 0) is 26.2 Å². The fraction of sp³-hybridized carbons (Fsp3) is 0.769. The summed E-state index contributed by atoms with van der Waals surface area (Å²) in [5.74, 6) is -0.0944. The van der Waals surface area contributed by atoms with Crippen LogP contribution in [-0.2, 0) is 9.59 Å². The Bertz CT molecular complexity index is 367. The Kier molecular flexibility index (Phi) is 5.72. The van der Waals surface area contributed by atoms with Gasteiger partial charge >= 0.3 is 0 Å². The van der Waals surface area contributed by atoms with Gasteiger partial charge in [-0.1, -0.05) is 19.1 Å². The van der Waals surface area contributed by atoms with Crippen LogP contribution in [0.5, 0.6) is 0 Å². The van der Waals surface area contributed by atoms with Crippen molar-refractivity contribution in [1.29, 1.82) is 0 Å². The first-order valence-corrected chi connectivity index (χ1v) is 7.18. The van der Waals surface area contributed by atoms with E-state index < -0.39 is 5.41 Å². The summed E-state index contributed by atoms with van der Waals surface area (Å²) in [5.41, 5.74) is 4.78. The molecular weight excluding hydrogens is 262 g/mol. The quantitative estimate of drug-likeness (QED) is 0.708. The van der Waals surface area contributed by atoms with E-state index in [9.17, 15) is 9.59 Å². The van der Waals surface area contributed by atoms with E-state index in [0.717, 1.165) is 25.9 Å². The molecule has 19 heavy (non-hydrogen) atoms. The Labute approximate surface area is 119 Å². The zero-order valence-electron chi connectivity index (χ0n) is 11.7. The summed E-state index contributed by atoms with van der Waals surface area (Å²) in [4.78, 5) is 25.9. The molecule has 0 aliphatic carbocycles. The van der Waals surface area contributed by atoms with Crippen molar-refractivity contribution in [1.82, 2.24) is 10.2 Å². The van der Waals surface area contributed by atoms with Gasteiger partial charge < -0.3 is 16.0 Å². The molecule has 1 unspecified atom stereocenters. The lowest BCUT2D eigenvalue weighted by molar-refractivity contribution is -0.130. The van der Waals surface area contributed by atoms with Crippen LogP contribution in [0.15, 0.2) is 0 Å². The minimum atomic E-state index is -0.827. The van der Waals surface area contributed by atoms with Crippen molar-refractivity contribution in [2.75, 3.05) is 19.6 Å². The minimum absolute atomic E-state index is 0.103. The van der Waals surface area contributed by atoms with E-state index in [2.05, 4.69) is 5.32 Å². The average Bonchev–Trinajstić information content (AvgIpc) is 2.90. The Morgan fingerprint density at radius 2 is 1.95 bits per heavy atom. The van der Waals surface area contributed by atoms with Crippen LogP contribution in [0.25, 0.3) is 0 Å². The molecule has 1 atom stereocenters. The SMILES string of the molecule is CCC(C)(C(=O)NCCC(=O)N1CCCC1)C(N)=S. The van der Waals surface area contributed by atoms with Crippen LogP contribution in [-0.4, -0.2) is 41.3 Å². The molecule has 1 aliphatic heterocycles. The predicted octanol–water partition coefficient (Wildman–Crippen LogP) is 0.818. The largest absolute Gasteiger partial charge is 0.392 e. The van der Waals surface area contributed by atoms with E-state index in [-0.39, 0.29) is 16.8 Å². The van der Waals surface area contributed by atoms with Gasteiger partial charge in [-0.3, -0.25) is 9.59 Å². The number of thiocarbonyl (C=S) groups is 1. The number of likely N-dealkylation sites (tertiary alicyclic amines) is 1. The summed E-state index contributed by atoms with van der Waals surface area (Å²) in [7, 11) is 0. The van der Waals surface area contributed by atoms with Crippen molar-refractivity contribution in [2.24, 2.45) is 11.1 Å². The van der Waals surface area contributed by atoms with Gasteiger partial charge in [-0.25, -0.2) is 0 Å². The van der Waals surface area contributed by atoms with Crippen molar-refractivity contribution in [2.45, 2.75) is 39.5 Å². The molecule has 1 aliphatic rings. The van der Waals surface area contributed by atoms with Gasteiger partial charge in [0.25, 0.3) is 0 Å². The molecule has 0 aromatic carbocycles. The van der Waals surface area contributed by atoms with E-state index in [4.69, 9.17) is 18.0 Å². The Balaban J connectivity index is 2.37. The number of hydrogen-bond donors (Lipinski definition) is 2. The summed E-state index contributed by atoms with van der Waals surface area (Å²) in [6.07, 6.45) is 3.04. The maximum absolute atomic E-state index is 12.0. The van der Waals surface area contributed by atoms with E-state index >= 15 is 0 Å². The zero-order valence-corrected chi connectivity index (χ0v) is 12.5. The molecule has 1 heterocycles. The predicted molar refractivity (Wildman–Crippen MR) is 78.6 cm³/mol. The molecule has 0 aromatic rings. The standard InChI is InChI=1S/C13H23N3O2S/c1-3-13(2,11(14)19)12(18)15-7-6-10(17)16-8-4-5-9-16/h3-9H2,1-2H3,(H2,14,19)(H,15,18). The Hall–Kier alpha value is -1.17. The number of nitrogens with one attached hydrogen (secondary N) is 1. The van der Waals surface area contributed by atoms with Crippen molar-refractivity contribution >= 4 is 29.0 Å². The molecule has 2 amide bonds. The third-order valence-corrected chi connectivity index (χ3v) is 4.29. The first-order valence-electron chi connectivity index (χ1n) is 6.77. The molecule has 5 nitrogen and oxygen atoms in total. The highest BCUT2D eigenvalue weighted by Crippen LogP contribution is 2.21. The number of carbonyl (C=O) groups excluding carboxylic acids is 2. The topological polar surface area (TPSA) is 75.4 Å². The highest BCUT2D eigenvalue weighted by atomic mass is 32.1. The zero-order chi connectivity index (χ0) is 14.5. The first kappa shape index (κ1) is 15.9. The lowest BCUT2D eigenvalue weighted by atomic mass is 9.86. The summed E-state index contributed by atoms with van der Waals surface area (Å²) >= 11 is 4.94. The van der Waals surface area contributed by atoms with Gasteiger partial charge in [0.1, 0.15) is 0 Å². The average molecular weight is 285 g/mol. The van der Waals surface area contributed by atoms with Crippen molar-refractivity contribution in [3.63, 3.8) is 0 Å². The molecular formula is C13H23N3O2S. The van der Waals surface area contributed by atoms with Crippen LogP contribution >= 0.6 is 12.2 Å². The number of rotatable bonds is 6. The van der Waals surface area contributed by atoms with E-state index in [0.29, 0.717) is 19.4 Å². The third-order valence-electron chi connectivity index (χ3n) is 3.84. The lowest BCUT2D eigenvalue weighted by Gasteiger charge is -2.25. The van der Waals surface area contributed by atoms with Crippen LogP contribution in [0.2, 0.25) is 0 Å². The highest BCUT2D eigenvalue weighted by Gasteiger charge is 2.34. The second kappa shape index (κ2) is 6.84. The molecule has 0 saturated carbocycles. The number of amides is 2. The van der Waals surface area contributed by atoms with Gasteiger partial charge in [-0.2, -0.15) is 0 Å². The fourth-order valence-electron chi connectivity index (χ4n) is 2.05. The Morgan fingerprint density at radius 1 is 1.37 bits per heavy atom. The molecule has 1 saturated heterocycles. The lowest BCUT2D eigenvalue weighted by Crippen LogP contribution is -2.47. The molecule has 3 N–H and O–H groups in total. The smallest absolute Gasteiger partial charge is 0.232 e.